The molecule has 0 fully saturated rings. The fourth-order valence-corrected chi connectivity index (χ4v) is 2.87. The predicted octanol–water partition coefficient (Wildman–Crippen LogP) is 1.88. The minimum absolute atomic E-state index is 0.263. The van der Waals surface area contributed by atoms with Gasteiger partial charge in [0.2, 0.25) is 0 Å². The molecule has 0 saturated carbocycles. The van der Waals surface area contributed by atoms with E-state index < -0.39 is 0 Å². The zero-order valence-electron chi connectivity index (χ0n) is 13.6. The predicted molar refractivity (Wildman–Crippen MR) is 96.0 cm³/mol. The van der Waals surface area contributed by atoms with Crippen molar-refractivity contribution in [2.75, 3.05) is 17.6 Å². The van der Waals surface area contributed by atoms with E-state index in [2.05, 4.69) is 20.6 Å². The second-order valence-electron chi connectivity index (χ2n) is 5.90. The van der Waals surface area contributed by atoms with Crippen molar-refractivity contribution in [2.45, 2.75) is 13.1 Å². The van der Waals surface area contributed by atoms with E-state index in [0.29, 0.717) is 23.6 Å². The highest BCUT2D eigenvalue weighted by Crippen LogP contribution is 2.27. The van der Waals surface area contributed by atoms with Crippen LogP contribution in [-0.2, 0) is 13.1 Å². The minimum atomic E-state index is -0.263. The Kier molecular flexibility index (Phi) is 3.91. The summed E-state index contributed by atoms with van der Waals surface area (Å²) in [4.78, 5) is 21.0. The number of anilines is 2. The van der Waals surface area contributed by atoms with Crippen LogP contribution in [-0.4, -0.2) is 27.0 Å². The van der Waals surface area contributed by atoms with Crippen LogP contribution in [0.2, 0.25) is 0 Å². The molecule has 7 nitrogen and oxygen atoms in total. The zero-order valence-corrected chi connectivity index (χ0v) is 13.6. The zero-order chi connectivity index (χ0) is 17.2. The van der Waals surface area contributed by atoms with Crippen LogP contribution in [0.3, 0.4) is 0 Å². The van der Waals surface area contributed by atoms with Gasteiger partial charge < -0.3 is 20.9 Å². The monoisotopic (exact) mass is 334 g/mol. The molecular weight excluding hydrogens is 316 g/mol. The molecule has 1 aromatic carbocycles. The summed E-state index contributed by atoms with van der Waals surface area (Å²) in [5, 5.41) is 6.11. The maximum Gasteiger partial charge on any atom is 0.275 e. The van der Waals surface area contributed by atoms with E-state index in [9.17, 15) is 4.79 Å². The van der Waals surface area contributed by atoms with Crippen LogP contribution in [0.4, 0.5) is 11.4 Å². The molecule has 4 N–H and O–H groups in total. The van der Waals surface area contributed by atoms with Crippen LogP contribution < -0.4 is 16.4 Å². The first-order chi connectivity index (χ1) is 12.2. The third kappa shape index (κ3) is 3.09. The van der Waals surface area contributed by atoms with Crippen molar-refractivity contribution < 1.29 is 4.79 Å². The normalized spacial score (nSPS) is 13.3. The van der Waals surface area contributed by atoms with Gasteiger partial charge in [0.1, 0.15) is 11.5 Å². The first kappa shape index (κ1) is 15.3. The summed E-state index contributed by atoms with van der Waals surface area (Å²) in [6, 6.07) is 9.38. The fourth-order valence-electron chi connectivity index (χ4n) is 2.87. The topological polar surface area (TPSA) is 97.9 Å². The van der Waals surface area contributed by atoms with Gasteiger partial charge in [-0.25, -0.2) is 4.98 Å². The highest BCUT2D eigenvalue weighted by molar-refractivity contribution is 6.04. The Bertz CT molecular complexity index is 895. The van der Waals surface area contributed by atoms with Crippen molar-refractivity contribution in [2.24, 2.45) is 0 Å². The number of pyridine rings is 1. The molecule has 0 atom stereocenters. The Balaban J connectivity index is 1.59. The Morgan fingerprint density at radius 3 is 2.84 bits per heavy atom. The van der Waals surface area contributed by atoms with E-state index in [1.807, 2.05) is 28.8 Å². The van der Waals surface area contributed by atoms with Gasteiger partial charge in [-0.15, -0.1) is 0 Å². The Morgan fingerprint density at radius 2 is 2.04 bits per heavy atom. The van der Waals surface area contributed by atoms with Gasteiger partial charge in [0.15, 0.2) is 0 Å². The molecular formula is C18H18N6O. The van der Waals surface area contributed by atoms with Crippen LogP contribution in [0.1, 0.15) is 16.3 Å². The Hall–Kier alpha value is -3.19. The maximum absolute atomic E-state index is 12.6. The number of amides is 1. The van der Waals surface area contributed by atoms with Gasteiger partial charge >= 0.3 is 0 Å². The molecule has 0 unspecified atom stereocenters. The Labute approximate surface area is 144 Å². The molecule has 3 aromatic rings. The van der Waals surface area contributed by atoms with Crippen molar-refractivity contribution in [3.05, 3.63) is 60.4 Å². The van der Waals surface area contributed by atoms with E-state index >= 15 is 0 Å². The fraction of sp³-hybridized carbons (Fsp3) is 0.167. The van der Waals surface area contributed by atoms with Crippen molar-refractivity contribution in [3.8, 4) is 11.1 Å². The van der Waals surface area contributed by atoms with Crippen LogP contribution >= 0.6 is 0 Å². The van der Waals surface area contributed by atoms with Crippen LogP contribution in [0.15, 0.2) is 48.9 Å². The van der Waals surface area contributed by atoms with E-state index in [4.69, 9.17) is 5.73 Å². The average molecular weight is 334 g/mol. The SMILES string of the molecule is Nc1ccc(-c2ccncc2)cc1NC(=O)c1cn2c(n1)CNCC2. The van der Waals surface area contributed by atoms with E-state index in [1.165, 1.54) is 0 Å². The number of carbonyl (C=O) groups is 1. The van der Waals surface area contributed by atoms with Gasteiger partial charge in [0.05, 0.1) is 17.9 Å². The third-order valence-corrected chi connectivity index (χ3v) is 4.22. The molecule has 0 aliphatic carbocycles. The molecule has 0 bridgehead atoms. The summed E-state index contributed by atoms with van der Waals surface area (Å²) in [7, 11) is 0. The van der Waals surface area contributed by atoms with Gasteiger partial charge in [0, 0.05) is 31.7 Å². The molecule has 4 rings (SSSR count). The van der Waals surface area contributed by atoms with Crippen LogP contribution in [0.25, 0.3) is 11.1 Å². The maximum atomic E-state index is 12.6. The number of aromatic nitrogens is 3. The van der Waals surface area contributed by atoms with E-state index in [0.717, 1.165) is 30.0 Å². The molecule has 3 heterocycles. The van der Waals surface area contributed by atoms with E-state index in [-0.39, 0.29) is 5.91 Å². The molecule has 7 heteroatoms. The number of fused-ring (bicyclic) bond motifs is 1. The van der Waals surface area contributed by atoms with Gasteiger partial charge in [-0.1, -0.05) is 6.07 Å². The second kappa shape index (κ2) is 6.37. The summed E-state index contributed by atoms with van der Waals surface area (Å²) < 4.78 is 2.00. The number of nitrogens with two attached hydrogens (primary N) is 1. The molecule has 2 aromatic heterocycles. The number of benzene rings is 1. The van der Waals surface area contributed by atoms with Crippen molar-refractivity contribution in [1.29, 1.82) is 0 Å². The molecule has 126 valence electrons. The number of rotatable bonds is 3. The van der Waals surface area contributed by atoms with Gasteiger partial charge in [-0.3, -0.25) is 9.78 Å². The van der Waals surface area contributed by atoms with Crippen molar-refractivity contribution in [1.82, 2.24) is 19.9 Å². The van der Waals surface area contributed by atoms with Crippen molar-refractivity contribution in [3.63, 3.8) is 0 Å². The summed E-state index contributed by atoms with van der Waals surface area (Å²) >= 11 is 0. The lowest BCUT2D eigenvalue weighted by Gasteiger charge is -2.13. The smallest absolute Gasteiger partial charge is 0.275 e. The highest BCUT2D eigenvalue weighted by Gasteiger charge is 2.17. The summed E-state index contributed by atoms with van der Waals surface area (Å²) in [5.74, 6) is 0.607. The van der Waals surface area contributed by atoms with Crippen LogP contribution in [0, 0.1) is 0 Å². The first-order valence-electron chi connectivity index (χ1n) is 8.09. The molecule has 1 aliphatic rings. The lowest BCUT2D eigenvalue weighted by atomic mass is 10.1. The summed E-state index contributed by atoms with van der Waals surface area (Å²) in [5.41, 5.74) is 9.47. The lowest BCUT2D eigenvalue weighted by molar-refractivity contribution is 0.102. The minimum Gasteiger partial charge on any atom is -0.397 e. The molecule has 0 saturated heterocycles. The molecule has 0 spiro atoms. The number of imidazole rings is 1. The summed E-state index contributed by atoms with van der Waals surface area (Å²) in [6.07, 6.45) is 5.25. The van der Waals surface area contributed by atoms with Gasteiger partial charge in [-0.2, -0.15) is 0 Å². The molecule has 25 heavy (non-hydrogen) atoms. The molecule has 1 amide bonds. The van der Waals surface area contributed by atoms with Crippen molar-refractivity contribution >= 4 is 17.3 Å². The van der Waals surface area contributed by atoms with Crippen LogP contribution in [0.5, 0.6) is 0 Å². The molecule has 0 radical (unpaired) electrons. The second-order valence-corrected chi connectivity index (χ2v) is 5.90. The molecule has 1 aliphatic heterocycles. The van der Waals surface area contributed by atoms with Gasteiger partial charge in [-0.05, 0) is 35.4 Å². The lowest BCUT2D eigenvalue weighted by Crippen LogP contribution is -2.27. The summed E-state index contributed by atoms with van der Waals surface area (Å²) in [6.45, 7) is 2.37. The number of nitrogen functional groups attached to an aromatic ring is 1. The largest absolute Gasteiger partial charge is 0.397 e. The first-order valence-corrected chi connectivity index (χ1v) is 8.09. The van der Waals surface area contributed by atoms with E-state index in [1.54, 1.807) is 24.7 Å². The Morgan fingerprint density at radius 1 is 1.20 bits per heavy atom. The van der Waals surface area contributed by atoms with Gasteiger partial charge in [0.25, 0.3) is 5.91 Å². The number of carbonyl (C=O) groups excluding carboxylic acids is 1. The number of nitrogens with zero attached hydrogens (tertiary/aromatic N) is 3. The number of hydrogen-bond acceptors (Lipinski definition) is 5. The quantitative estimate of drug-likeness (QED) is 0.635. The standard InChI is InChI=1S/C18H18N6O/c19-14-2-1-13(12-3-5-20-6-4-12)9-15(14)23-18(25)16-11-24-8-7-21-10-17(24)22-16/h1-6,9,11,21H,7-8,10,19H2,(H,23,25). The third-order valence-electron chi connectivity index (χ3n) is 4.22. The highest BCUT2D eigenvalue weighted by atomic mass is 16.1. The number of nitrogens with one attached hydrogen (secondary N) is 2. The average Bonchev–Trinajstić information content (AvgIpc) is 3.08. The number of hydrogen-bond donors (Lipinski definition) is 3.